The van der Waals surface area contributed by atoms with E-state index in [1.807, 2.05) is 6.07 Å². The van der Waals surface area contributed by atoms with Gasteiger partial charge in [-0.15, -0.1) is 0 Å². The third-order valence-electron chi connectivity index (χ3n) is 1.65. The molecule has 0 unspecified atom stereocenters. The van der Waals surface area contributed by atoms with Crippen molar-refractivity contribution >= 4 is 5.91 Å². The molecule has 1 aromatic rings. The molecule has 0 fully saturated rings. The van der Waals surface area contributed by atoms with Crippen LogP contribution in [-0.4, -0.2) is 17.9 Å². The smallest absolute Gasteiger partial charge is 0.269 e. The molecule has 0 aliphatic heterocycles. The van der Waals surface area contributed by atoms with Gasteiger partial charge in [-0.1, -0.05) is 0 Å². The molecule has 1 amide bonds. The molecule has 0 radical (unpaired) electrons. The van der Waals surface area contributed by atoms with Crippen LogP contribution in [0, 0.1) is 18.3 Å². The standard InChI is InChI=1S/C9H9N3O/c1-6-3-7(4-10)5-12-8(6)9(13)11-2/h3,5H,1-2H3,(H,11,13). The quantitative estimate of drug-likeness (QED) is 0.680. The van der Waals surface area contributed by atoms with Gasteiger partial charge in [0.2, 0.25) is 0 Å². The van der Waals surface area contributed by atoms with Gasteiger partial charge in [0.1, 0.15) is 11.8 Å². The van der Waals surface area contributed by atoms with Crippen molar-refractivity contribution < 1.29 is 4.79 Å². The number of nitrogens with one attached hydrogen (secondary N) is 1. The first-order valence-corrected chi connectivity index (χ1v) is 3.78. The molecular weight excluding hydrogens is 166 g/mol. The summed E-state index contributed by atoms with van der Waals surface area (Å²) in [5.74, 6) is -0.234. The summed E-state index contributed by atoms with van der Waals surface area (Å²) in [4.78, 5) is 15.1. The monoisotopic (exact) mass is 175 g/mol. The van der Waals surface area contributed by atoms with Crippen LogP contribution in [0.5, 0.6) is 0 Å². The molecule has 0 aliphatic carbocycles. The molecule has 0 saturated carbocycles. The highest BCUT2D eigenvalue weighted by Gasteiger charge is 2.08. The Kier molecular flexibility index (Phi) is 2.60. The summed E-state index contributed by atoms with van der Waals surface area (Å²) >= 11 is 0. The highest BCUT2D eigenvalue weighted by atomic mass is 16.1. The summed E-state index contributed by atoms with van der Waals surface area (Å²) in [6.07, 6.45) is 1.39. The normalized spacial score (nSPS) is 9.00. The van der Waals surface area contributed by atoms with Crippen LogP contribution < -0.4 is 5.32 Å². The van der Waals surface area contributed by atoms with Crippen molar-refractivity contribution in [2.45, 2.75) is 6.92 Å². The lowest BCUT2D eigenvalue weighted by molar-refractivity contribution is 0.0957. The summed E-state index contributed by atoms with van der Waals surface area (Å²) in [5.41, 5.74) is 1.53. The van der Waals surface area contributed by atoms with E-state index in [1.165, 1.54) is 6.20 Å². The Morgan fingerprint density at radius 1 is 1.69 bits per heavy atom. The highest BCUT2D eigenvalue weighted by Crippen LogP contribution is 2.06. The van der Waals surface area contributed by atoms with E-state index >= 15 is 0 Å². The Morgan fingerprint density at radius 2 is 2.38 bits per heavy atom. The molecule has 66 valence electrons. The molecule has 1 aromatic heterocycles. The van der Waals surface area contributed by atoms with Crippen molar-refractivity contribution in [3.63, 3.8) is 0 Å². The summed E-state index contributed by atoms with van der Waals surface area (Å²) < 4.78 is 0. The van der Waals surface area contributed by atoms with Gasteiger partial charge in [-0.3, -0.25) is 4.79 Å². The fourth-order valence-corrected chi connectivity index (χ4v) is 0.992. The number of nitrogens with zero attached hydrogens (tertiary/aromatic N) is 2. The topological polar surface area (TPSA) is 65.8 Å². The first-order valence-electron chi connectivity index (χ1n) is 3.78. The molecular formula is C9H9N3O. The summed E-state index contributed by atoms with van der Waals surface area (Å²) in [7, 11) is 1.54. The fraction of sp³-hybridized carbons (Fsp3) is 0.222. The number of aryl methyl sites for hydroxylation is 1. The highest BCUT2D eigenvalue weighted by molar-refractivity contribution is 5.93. The zero-order chi connectivity index (χ0) is 9.84. The van der Waals surface area contributed by atoms with E-state index in [4.69, 9.17) is 5.26 Å². The van der Waals surface area contributed by atoms with Crippen LogP contribution >= 0.6 is 0 Å². The van der Waals surface area contributed by atoms with E-state index in [0.717, 1.165) is 0 Å². The van der Waals surface area contributed by atoms with Crippen LogP contribution in [-0.2, 0) is 0 Å². The van der Waals surface area contributed by atoms with Gasteiger partial charge >= 0.3 is 0 Å². The molecule has 0 aromatic carbocycles. The first kappa shape index (κ1) is 9.20. The van der Waals surface area contributed by atoms with Crippen molar-refractivity contribution in [1.29, 1.82) is 5.26 Å². The number of aromatic nitrogens is 1. The number of hydrogen-bond acceptors (Lipinski definition) is 3. The van der Waals surface area contributed by atoms with Crippen LogP contribution in [0.2, 0.25) is 0 Å². The number of pyridine rings is 1. The lowest BCUT2D eigenvalue weighted by Crippen LogP contribution is -2.20. The largest absolute Gasteiger partial charge is 0.354 e. The minimum atomic E-state index is -0.234. The van der Waals surface area contributed by atoms with Crippen LogP contribution in [0.25, 0.3) is 0 Å². The average Bonchev–Trinajstić information content (AvgIpc) is 2.16. The van der Waals surface area contributed by atoms with Crippen LogP contribution in [0.3, 0.4) is 0 Å². The molecule has 0 saturated heterocycles. The predicted octanol–water partition coefficient (Wildman–Crippen LogP) is 0.621. The number of amides is 1. The third-order valence-corrected chi connectivity index (χ3v) is 1.65. The maximum atomic E-state index is 11.2. The van der Waals surface area contributed by atoms with Crippen LogP contribution in [0.1, 0.15) is 21.6 Å². The number of rotatable bonds is 1. The summed E-state index contributed by atoms with van der Waals surface area (Å²) in [6.45, 7) is 1.75. The Hall–Kier alpha value is -1.89. The predicted molar refractivity (Wildman–Crippen MR) is 47.1 cm³/mol. The van der Waals surface area contributed by atoms with Gasteiger partial charge in [-0.25, -0.2) is 4.98 Å². The number of carbonyl (C=O) groups excluding carboxylic acids is 1. The van der Waals surface area contributed by atoms with Crippen LogP contribution in [0.15, 0.2) is 12.3 Å². The van der Waals surface area contributed by atoms with Crippen molar-refractivity contribution in [3.8, 4) is 6.07 Å². The minimum Gasteiger partial charge on any atom is -0.354 e. The number of nitriles is 1. The minimum absolute atomic E-state index is 0.234. The van der Waals surface area contributed by atoms with Gasteiger partial charge in [0.15, 0.2) is 0 Å². The maximum Gasteiger partial charge on any atom is 0.269 e. The Labute approximate surface area is 76.2 Å². The Morgan fingerprint density at radius 3 is 2.85 bits per heavy atom. The molecule has 4 nitrogen and oxygen atoms in total. The van der Waals surface area contributed by atoms with Crippen molar-refractivity contribution in [1.82, 2.24) is 10.3 Å². The second kappa shape index (κ2) is 3.68. The van der Waals surface area contributed by atoms with Crippen LogP contribution in [0.4, 0.5) is 0 Å². The first-order chi connectivity index (χ1) is 6.19. The van der Waals surface area contributed by atoms with Gasteiger partial charge in [-0.2, -0.15) is 5.26 Å². The molecule has 1 N–H and O–H groups in total. The third kappa shape index (κ3) is 1.82. The van der Waals surface area contributed by atoms with E-state index in [1.54, 1.807) is 20.0 Å². The molecule has 0 bridgehead atoms. The fourth-order valence-electron chi connectivity index (χ4n) is 0.992. The molecule has 0 spiro atoms. The van der Waals surface area contributed by atoms with Gasteiger partial charge < -0.3 is 5.32 Å². The molecule has 0 aliphatic rings. The van der Waals surface area contributed by atoms with Crippen molar-refractivity contribution in [3.05, 3.63) is 29.1 Å². The van der Waals surface area contributed by atoms with E-state index in [0.29, 0.717) is 16.8 Å². The van der Waals surface area contributed by atoms with E-state index in [9.17, 15) is 4.79 Å². The Bertz CT molecular complexity index is 379. The number of hydrogen-bond donors (Lipinski definition) is 1. The van der Waals surface area contributed by atoms with E-state index < -0.39 is 0 Å². The number of carbonyl (C=O) groups is 1. The van der Waals surface area contributed by atoms with E-state index in [-0.39, 0.29) is 5.91 Å². The van der Waals surface area contributed by atoms with E-state index in [2.05, 4.69) is 10.3 Å². The molecule has 4 heteroatoms. The lowest BCUT2D eigenvalue weighted by Gasteiger charge is -2.02. The summed E-state index contributed by atoms with van der Waals surface area (Å²) in [6, 6.07) is 3.59. The zero-order valence-corrected chi connectivity index (χ0v) is 7.46. The summed E-state index contributed by atoms with van der Waals surface area (Å²) in [5, 5.41) is 11.0. The Balaban J connectivity index is 3.14. The molecule has 1 heterocycles. The second-order valence-corrected chi connectivity index (χ2v) is 2.58. The molecule has 0 atom stereocenters. The van der Waals surface area contributed by atoms with Gasteiger partial charge in [0, 0.05) is 13.2 Å². The zero-order valence-electron chi connectivity index (χ0n) is 7.46. The average molecular weight is 175 g/mol. The lowest BCUT2D eigenvalue weighted by atomic mass is 10.1. The molecule has 1 rings (SSSR count). The van der Waals surface area contributed by atoms with Gasteiger partial charge in [0.05, 0.1) is 5.56 Å². The second-order valence-electron chi connectivity index (χ2n) is 2.58. The molecule has 13 heavy (non-hydrogen) atoms. The SMILES string of the molecule is CNC(=O)c1ncc(C#N)cc1C. The van der Waals surface area contributed by atoms with Crippen molar-refractivity contribution in [2.24, 2.45) is 0 Å². The van der Waals surface area contributed by atoms with Gasteiger partial charge in [0.25, 0.3) is 5.91 Å². The van der Waals surface area contributed by atoms with Gasteiger partial charge in [-0.05, 0) is 18.6 Å². The maximum absolute atomic E-state index is 11.2. The van der Waals surface area contributed by atoms with Crippen molar-refractivity contribution in [2.75, 3.05) is 7.05 Å².